The summed E-state index contributed by atoms with van der Waals surface area (Å²) in [6, 6.07) is 0. The van der Waals surface area contributed by atoms with E-state index in [1.165, 1.54) is 0 Å². The molecule has 0 spiro atoms. The Kier molecular flexibility index (Phi) is 8.21. The van der Waals surface area contributed by atoms with Crippen LogP contribution in [0.2, 0.25) is 0 Å². The molecule has 0 heterocycles. The number of alkyl halides is 11. The summed E-state index contributed by atoms with van der Waals surface area (Å²) < 4.78 is 233. The van der Waals surface area contributed by atoms with Gasteiger partial charge in [0.15, 0.2) is 17.5 Å². The molecule has 0 atom stereocenters. The summed E-state index contributed by atoms with van der Waals surface area (Å²) >= 11 is 0. The van der Waals surface area contributed by atoms with Gasteiger partial charge < -0.3 is 0 Å². The SMILES string of the molecule is FOc1c(F)c(F)c(F)c(F)c1C(F)=C(F)C(F)(F)C(F)(F)C(F)(F)C(F)(F)C(F)(F)F.[Si]. The van der Waals surface area contributed by atoms with Gasteiger partial charge in [-0.15, -0.1) is 0 Å². The minimum atomic E-state index is -8.24. The van der Waals surface area contributed by atoms with Crippen molar-refractivity contribution in [2.75, 3.05) is 0 Å². The summed E-state index contributed by atoms with van der Waals surface area (Å²) in [5.74, 6) is -57.1. The van der Waals surface area contributed by atoms with Gasteiger partial charge in [0, 0.05) is 15.5 Å². The highest BCUT2D eigenvalue weighted by atomic mass is 28.1. The second kappa shape index (κ2) is 8.82. The van der Waals surface area contributed by atoms with Gasteiger partial charge in [-0.3, -0.25) is 4.94 Å². The van der Waals surface area contributed by atoms with Crippen LogP contribution in [0.5, 0.6) is 5.75 Å². The van der Waals surface area contributed by atoms with E-state index < -0.39 is 76.1 Å². The molecule has 33 heavy (non-hydrogen) atoms. The van der Waals surface area contributed by atoms with Gasteiger partial charge in [0.1, 0.15) is 5.56 Å². The van der Waals surface area contributed by atoms with E-state index in [9.17, 15) is 79.2 Å². The van der Waals surface area contributed by atoms with Crippen LogP contribution in [0.4, 0.5) is 79.2 Å². The summed E-state index contributed by atoms with van der Waals surface area (Å²) in [6.45, 7) is 0. The lowest BCUT2D eigenvalue weighted by molar-refractivity contribution is -0.419. The maximum absolute atomic E-state index is 13.8. The predicted octanol–water partition coefficient (Wildman–Crippen LogP) is 6.84. The first-order chi connectivity index (χ1) is 14.0. The third-order valence-electron chi connectivity index (χ3n) is 3.53. The zero-order valence-corrected chi connectivity index (χ0v) is 15.2. The Hall–Kier alpha value is -2.28. The van der Waals surface area contributed by atoms with Gasteiger partial charge in [0.05, 0.1) is 0 Å². The van der Waals surface area contributed by atoms with E-state index in [-0.39, 0.29) is 11.0 Å². The van der Waals surface area contributed by atoms with Crippen molar-refractivity contribution in [2.45, 2.75) is 29.9 Å². The van der Waals surface area contributed by atoms with Crippen LogP contribution in [0, 0.1) is 23.3 Å². The third-order valence-corrected chi connectivity index (χ3v) is 3.53. The standard InChI is InChI=1S/C13F18O.Si/c14-2-1(7(32-31)6(18)5(17)4(2)16)3(15)8(19)9(20,21)10(22,23)11(24,25)12(26,27)13(28,29)30;. The Morgan fingerprint density at radius 2 is 0.970 bits per heavy atom. The van der Waals surface area contributed by atoms with Crippen molar-refractivity contribution in [1.82, 2.24) is 0 Å². The smallest absolute Gasteiger partial charge is 0.290 e. The Labute approximate surface area is 172 Å². The second-order valence-electron chi connectivity index (χ2n) is 5.46. The fraction of sp³-hybridized carbons (Fsp3) is 0.385. The second-order valence-corrected chi connectivity index (χ2v) is 5.46. The lowest BCUT2D eigenvalue weighted by atomic mass is 9.96. The molecule has 0 aliphatic rings. The van der Waals surface area contributed by atoms with E-state index in [0.29, 0.717) is 0 Å². The van der Waals surface area contributed by atoms with Gasteiger partial charge in [-0.25, -0.2) is 22.0 Å². The molecular weight excluding hydrogens is 542 g/mol. The van der Waals surface area contributed by atoms with Crippen LogP contribution in [-0.4, -0.2) is 40.8 Å². The monoisotopic (exact) mass is 542 g/mol. The number of allylic oxidation sites excluding steroid dienone is 1. The van der Waals surface area contributed by atoms with Crippen LogP contribution in [0.25, 0.3) is 5.83 Å². The highest BCUT2D eigenvalue weighted by Crippen LogP contribution is 2.59. The molecule has 0 saturated carbocycles. The van der Waals surface area contributed by atoms with Crippen LogP contribution in [0.1, 0.15) is 5.56 Å². The van der Waals surface area contributed by atoms with Crippen LogP contribution in [0.3, 0.4) is 0 Å². The molecule has 1 aromatic carbocycles. The molecular formula is C13F18OSi. The molecule has 0 aromatic heterocycles. The molecule has 20 heteroatoms. The van der Waals surface area contributed by atoms with Crippen LogP contribution in [0.15, 0.2) is 5.83 Å². The van der Waals surface area contributed by atoms with Gasteiger partial charge in [0.2, 0.25) is 23.2 Å². The van der Waals surface area contributed by atoms with Gasteiger partial charge in [0.25, 0.3) is 0 Å². The van der Waals surface area contributed by atoms with E-state index in [1.54, 1.807) is 0 Å². The number of hydrogen-bond donors (Lipinski definition) is 0. The first kappa shape index (κ1) is 30.7. The molecule has 0 N–H and O–H groups in total. The Bertz CT molecular complexity index is 932. The fourth-order valence-electron chi connectivity index (χ4n) is 1.84. The fourth-order valence-corrected chi connectivity index (χ4v) is 1.84. The summed E-state index contributed by atoms with van der Waals surface area (Å²) in [6.07, 6.45) is -7.67. The normalized spacial score (nSPS) is 14.6. The van der Waals surface area contributed by atoms with Crippen molar-refractivity contribution in [3.05, 3.63) is 34.7 Å². The highest BCUT2D eigenvalue weighted by Gasteiger charge is 2.88. The minimum absolute atomic E-state index is 0. The van der Waals surface area contributed by atoms with Gasteiger partial charge in [-0.05, 0) is 0 Å². The predicted molar refractivity (Wildman–Crippen MR) is 68.7 cm³/mol. The molecule has 0 aliphatic heterocycles. The number of halogens is 18. The van der Waals surface area contributed by atoms with Crippen molar-refractivity contribution in [3.63, 3.8) is 0 Å². The van der Waals surface area contributed by atoms with Crippen molar-refractivity contribution < 1.29 is 84.1 Å². The molecule has 0 saturated heterocycles. The minimum Gasteiger partial charge on any atom is -0.290 e. The molecule has 0 bridgehead atoms. The molecule has 188 valence electrons. The molecule has 0 aliphatic carbocycles. The number of benzene rings is 1. The quantitative estimate of drug-likeness (QED) is 0.166. The summed E-state index contributed by atoms with van der Waals surface area (Å²) in [5.41, 5.74) is -3.26. The first-order valence-corrected chi connectivity index (χ1v) is 6.82. The van der Waals surface area contributed by atoms with E-state index in [4.69, 9.17) is 0 Å². The van der Waals surface area contributed by atoms with Gasteiger partial charge in [-0.1, -0.05) is 0 Å². The molecule has 0 amide bonds. The van der Waals surface area contributed by atoms with E-state index >= 15 is 0 Å². The zero-order valence-electron chi connectivity index (χ0n) is 14.2. The Balaban J connectivity index is 0.0000102. The topological polar surface area (TPSA) is 9.23 Å². The number of rotatable bonds is 6. The van der Waals surface area contributed by atoms with Gasteiger partial charge in [-0.2, -0.15) is 52.7 Å². The first-order valence-electron chi connectivity index (χ1n) is 6.82. The maximum atomic E-state index is 13.8. The van der Waals surface area contributed by atoms with E-state index in [1.807, 2.05) is 0 Å². The number of hydrogen-bond acceptors (Lipinski definition) is 1. The average Bonchev–Trinajstić information content (AvgIpc) is 2.66. The molecule has 4 radical (unpaired) electrons. The maximum Gasteiger partial charge on any atom is 0.460 e. The average molecular weight is 542 g/mol. The van der Waals surface area contributed by atoms with Crippen LogP contribution in [-0.2, 0) is 0 Å². The zero-order chi connectivity index (χ0) is 25.8. The molecule has 1 nitrogen and oxygen atoms in total. The molecule has 1 rings (SSSR count). The molecule has 1 aromatic rings. The van der Waals surface area contributed by atoms with Crippen molar-refractivity contribution in [1.29, 1.82) is 0 Å². The van der Waals surface area contributed by atoms with Crippen molar-refractivity contribution in [2.24, 2.45) is 0 Å². The lowest BCUT2D eigenvalue weighted by Gasteiger charge is -2.36. The van der Waals surface area contributed by atoms with Crippen molar-refractivity contribution >= 4 is 16.8 Å². The highest BCUT2D eigenvalue weighted by molar-refractivity contribution is 5.75. The van der Waals surface area contributed by atoms with E-state index in [0.717, 1.165) is 0 Å². The van der Waals surface area contributed by atoms with Gasteiger partial charge >= 0.3 is 29.9 Å². The molecule has 0 unspecified atom stereocenters. The largest absolute Gasteiger partial charge is 0.460 e. The third kappa shape index (κ3) is 4.20. The summed E-state index contributed by atoms with van der Waals surface area (Å²) in [7, 11) is 0. The summed E-state index contributed by atoms with van der Waals surface area (Å²) in [4.78, 5) is 2.22. The van der Waals surface area contributed by atoms with Crippen LogP contribution < -0.4 is 4.94 Å². The van der Waals surface area contributed by atoms with E-state index in [2.05, 4.69) is 4.94 Å². The van der Waals surface area contributed by atoms with Crippen molar-refractivity contribution in [3.8, 4) is 5.75 Å². The van der Waals surface area contributed by atoms with Crippen LogP contribution >= 0.6 is 0 Å². The molecule has 0 fully saturated rings. The Morgan fingerprint density at radius 1 is 0.576 bits per heavy atom. The Morgan fingerprint density at radius 3 is 1.33 bits per heavy atom. The lowest BCUT2D eigenvalue weighted by Crippen LogP contribution is -2.66. The summed E-state index contributed by atoms with van der Waals surface area (Å²) in [5, 5.41) is 0.